The Labute approximate surface area is 137 Å². The van der Waals surface area contributed by atoms with Gasteiger partial charge >= 0.3 is 0 Å². The third-order valence-electron chi connectivity index (χ3n) is 4.59. The summed E-state index contributed by atoms with van der Waals surface area (Å²) in [5.41, 5.74) is 1.12. The Kier molecular flexibility index (Phi) is 4.79. The summed E-state index contributed by atoms with van der Waals surface area (Å²) in [6.45, 7) is 3.80. The first-order chi connectivity index (χ1) is 11.2. The molecule has 0 saturated carbocycles. The Morgan fingerprint density at radius 3 is 3.04 bits per heavy atom. The summed E-state index contributed by atoms with van der Waals surface area (Å²) in [5, 5.41) is 4.15. The molecule has 0 bridgehead atoms. The predicted molar refractivity (Wildman–Crippen MR) is 88.0 cm³/mol. The molecule has 2 aromatic heterocycles. The van der Waals surface area contributed by atoms with E-state index in [-0.39, 0.29) is 5.91 Å². The number of amides is 1. The van der Waals surface area contributed by atoms with Gasteiger partial charge in [0, 0.05) is 51.6 Å². The number of carbonyl (C=O) groups excluding carboxylic acids is 1. The van der Waals surface area contributed by atoms with Crippen LogP contribution in [-0.4, -0.2) is 43.2 Å². The average molecular weight is 315 g/mol. The van der Waals surface area contributed by atoms with Gasteiger partial charge in [0.1, 0.15) is 5.82 Å². The second-order valence-corrected chi connectivity index (χ2v) is 6.26. The molecule has 0 aliphatic carbocycles. The van der Waals surface area contributed by atoms with Gasteiger partial charge in [0.25, 0.3) is 0 Å². The number of piperidine rings is 1. The number of aromatic nitrogens is 4. The topological polar surface area (TPSA) is 56.0 Å². The quantitative estimate of drug-likeness (QED) is 0.848. The van der Waals surface area contributed by atoms with Crippen molar-refractivity contribution in [2.24, 2.45) is 7.05 Å². The van der Waals surface area contributed by atoms with Gasteiger partial charge < -0.3 is 9.47 Å². The van der Waals surface area contributed by atoms with Crippen LogP contribution in [0, 0.1) is 0 Å². The Balaban J connectivity index is 1.58. The molecular weight excluding hydrogens is 290 g/mol. The van der Waals surface area contributed by atoms with Crippen LogP contribution in [0.1, 0.15) is 43.6 Å². The van der Waals surface area contributed by atoms with E-state index in [2.05, 4.69) is 21.6 Å². The van der Waals surface area contributed by atoms with Gasteiger partial charge in [-0.2, -0.15) is 5.10 Å². The molecule has 3 heterocycles. The molecule has 1 fully saturated rings. The number of hydrogen-bond acceptors (Lipinski definition) is 3. The molecule has 2 aromatic rings. The van der Waals surface area contributed by atoms with Crippen LogP contribution in [0.2, 0.25) is 0 Å². The van der Waals surface area contributed by atoms with Crippen molar-refractivity contribution in [1.29, 1.82) is 0 Å². The zero-order valence-electron chi connectivity index (χ0n) is 14.0. The SMILES string of the molecule is CCc1nccn1C1CCCN(C(=O)CCc2cnn(C)c2)C1. The minimum atomic E-state index is 0.247. The van der Waals surface area contributed by atoms with E-state index in [1.54, 1.807) is 4.68 Å². The highest BCUT2D eigenvalue weighted by atomic mass is 16.2. The molecular formula is C17H25N5O. The molecule has 0 aromatic carbocycles. The largest absolute Gasteiger partial charge is 0.341 e. The number of likely N-dealkylation sites (tertiary alicyclic amines) is 1. The number of aryl methyl sites for hydroxylation is 3. The molecule has 1 aliphatic rings. The summed E-state index contributed by atoms with van der Waals surface area (Å²) < 4.78 is 4.03. The van der Waals surface area contributed by atoms with Crippen molar-refractivity contribution in [2.45, 2.75) is 45.1 Å². The lowest BCUT2D eigenvalue weighted by Crippen LogP contribution is -2.41. The van der Waals surface area contributed by atoms with E-state index in [0.717, 1.165) is 50.2 Å². The van der Waals surface area contributed by atoms with Crippen molar-refractivity contribution in [3.63, 3.8) is 0 Å². The highest BCUT2D eigenvalue weighted by Crippen LogP contribution is 2.23. The number of carbonyl (C=O) groups is 1. The summed E-state index contributed by atoms with van der Waals surface area (Å²) in [5.74, 6) is 1.36. The van der Waals surface area contributed by atoms with Crippen LogP contribution in [-0.2, 0) is 24.7 Å². The van der Waals surface area contributed by atoms with Gasteiger partial charge in [0.05, 0.1) is 12.2 Å². The van der Waals surface area contributed by atoms with Crippen molar-refractivity contribution in [2.75, 3.05) is 13.1 Å². The van der Waals surface area contributed by atoms with Gasteiger partial charge in [-0.3, -0.25) is 9.48 Å². The van der Waals surface area contributed by atoms with Crippen molar-refractivity contribution >= 4 is 5.91 Å². The van der Waals surface area contributed by atoms with Gasteiger partial charge in [-0.25, -0.2) is 4.98 Å². The maximum Gasteiger partial charge on any atom is 0.222 e. The summed E-state index contributed by atoms with van der Waals surface area (Å²) in [6, 6.07) is 0.364. The molecule has 1 amide bonds. The van der Waals surface area contributed by atoms with Gasteiger partial charge in [-0.05, 0) is 24.8 Å². The monoisotopic (exact) mass is 315 g/mol. The Hall–Kier alpha value is -2.11. The second kappa shape index (κ2) is 6.98. The smallest absolute Gasteiger partial charge is 0.222 e. The molecule has 1 saturated heterocycles. The van der Waals surface area contributed by atoms with Crippen molar-refractivity contribution in [3.05, 3.63) is 36.2 Å². The first-order valence-corrected chi connectivity index (χ1v) is 8.44. The van der Waals surface area contributed by atoms with Crippen molar-refractivity contribution in [3.8, 4) is 0 Å². The molecule has 0 radical (unpaired) electrons. The fraction of sp³-hybridized carbons (Fsp3) is 0.588. The second-order valence-electron chi connectivity index (χ2n) is 6.26. The van der Waals surface area contributed by atoms with Crippen LogP contribution in [0.25, 0.3) is 0 Å². The van der Waals surface area contributed by atoms with Gasteiger partial charge in [-0.1, -0.05) is 6.92 Å². The number of rotatable bonds is 5. The predicted octanol–water partition coefficient (Wildman–Crippen LogP) is 1.98. The number of hydrogen-bond donors (Lipinski definition) is 0. The van der Waals surface area contributed by atoms with Crippen LogP contribution in [0.4, 0.5) is 0 Å². The molecule has 3 rings (SSSR count). The maximum absolute atomic E-state index is 12.5. The molecule has 0 N–H and O–H groups in total. The molecule has 1 unspecified atom stereocenters. The first kappa shape index (κ1) is 15.8. The lowest BCUT2D eigenvalue weighted by atomic mass is 10.0. The number of imidazole rings is 1. The summed E-state index contributed by atoms with van der Waals surface area (Å²) in [7, 11) is 1.90. The Morgan fingerprint density at radius 1 is 1.43 bits per heavy atom. The van der Waals surface area contributed by atoms with Gasteiger partial charge in [0.15, 0.2) is 0 Å². The summed E-state index contributed by atoms with van der Waals surface area (Å²) in [4.78, 5) is 18.9. The summed E-state index contributed by atoms with van der Waals surface area (Å²) in [6.07, 6.45) is 12.2. The molecule has 124 valence electrons. The van der Waals surface area contributed by atoms with Crippen molar-refractivity contribution < 1.29 is 4.79 Å². The molecule has 1 atom stereocenters. The molecule has 6 heteroatoms. The summed E-state index contributed by atoms with van der Waals surface area (Å²) >= 11 is 0. The normalized spacial score (nSPS) is 18.3. The number of nitrogens with zero attached hydrogens (tertiary/aromatic N) is 5. The molecule has 1 aliphatic heterocycles. The van der Waals surface area contributed by atoms with Crippen LogP contribution >= 0.6 is 0 Å². The van der Waals surface area contributed by atoms with Crippen LogP contribution in [0.5, 0.6) is 0 Å². The average Bonchev–Trinajstić information content (AvgIpc) is 3.21. The minimum Gasteiger partial charge on any atom is -0.341 e. The lowest BCUT2D eigenvalue weighted by Gasteiger charge is -2.34. The van der Waals surface area contributed by atoms with Gasteiger partial charge in [0.2, 0.25) is 5.91 Å². The van der Waals surface area contributed by atoms with E-state index in [9.17, 15) is 4.79 Å². The Morgan fingerprint density at radius 2 is 2.30 bits per heavy atom. The fourth-order valence-corrected chi connectivity index (χ4v) is 3.37. The van der Waals surface area contributed by atoms with E-state index in [4.69, 9.17) is 0 Å². The van der Waals surface area contributed by atoms with Crippen LogP contribution in [0.3, 0.4) is 0 Å². The highest BCUT2D eigenvalue weighted by Gasteiger charge is 2.25. The Bertz CT molecular complexity index is 659. The van der Waals surface area contributed by atoms with E-state index in [0.29, 0.717) is 12.5 Å². The van der Waals surface area contributed by atoms with E-state index in [1.165, 1.54) is 0 Å². The lowest BCUT2D eigenvalue weighted by molar-refractivity contribution is -0.132. The van der Waals surface area contributed by atoms with Crippen LogP contribution in [0.15, 0.2) is 24.8 Å². The van der Waals surface area contributed by atoms with Crippen LogP contribution < -0.4 is 0 Å². The van der Waals surface area contributed by atoms with Crippen molar-refractivity contribution in [1.82, 2.24) is 24.2 Å². The third kappa shape index (κ3) is 3.63. The molecule has 23 heavy (non-hydrogen) atoms. The van der Waals surface area contributed by atoms with E-state index >= 15 is 0 Å². The molecule has 6 nitrogen and oxygen atoms in total. The standard InChI is InChI=1S/C17H25N5O/c1-3-16-18-8-10-22(16)15-5-4-9-21(13-15)17(23)7-6-14-11-19-20(2)12-14/h8,10-12,15H,3-7,9,13H2,1-2H3. The minimum absolute atomic E-state index is 0.247. The third-order valence-corrected chi connectivity index (χ3v) is 4.59. The first-order valence-electron chi connectivity index (χ1n) is 8.44. The van der Waals surface area contributed by atoms with E-state index < -0.39 is 0 Å². The zero-order valence-corrected chi connectivity index (χ0v) is 14.0. The van der Waals surface area contributed by atoms with Gasteiger partial charge in [-0.15, -0.1) is 0 Å². The van der Waals surface area contributed by atoms with E-state index in [1.807, 2.05) is 36.7 Å². The fourth-order valence-electron chi connectivity index (χ4n) is 3.37. The zero-order chi connectivity index (χ0) is 16.2. The maximum atomic E-state index is 12.5. The highest BCUT2D eigenvalue weighted by molar-refractivity contribution is 5.76. The molecule has 0 spiro atoms.